The van der Waals surface area contributed by atoms with Crippen molar-refractivity contribution in [1.82, 2.24) is 47.8 Å². The van der Waals surface area contributed by atoms with E-state index in [0.29, 0.717) is 22.3 Å². The number of hydrogen-bond donors (Lipinski definition) is 9. The number of methoxy groups -OCH3 is 5. The third-order valence-electron chi connectivity index (χ3n) is 22.5. The summed E-state index contributed by atoms with van der Waals surface area (Å²) in [5.41, 5.74) is -4.20. The zero-order chi connectivity index (χ0) is 103. The van der Waals surface area contributed by atoms with Gasteiger partial charge in [-0.25, -0.2) is 37.7 Å². The molecule has 0 saturated carbocycles. The van der Waals surface area contributed by atoms with Gasteiger partial charge in [-0.3, -0.25) is 76.3 Å². The summed E-state index contributed by atoms with van der Waals surface area (Å²) in [7, 11) is -2.23. The molecule has 0 aliphatic carbocycles. The van der Waals surface area contributed by atoms with E-state index in [9.17, 15) is 71.6 Å². The van der Waals surface area contributed by atoms with E-state index >= 15 is 0 Å². The fourth-order valence-electron chi connectivity index (χ4n) is 15.4. The lowest BCUT2D eigenvalue weighted by Crippen LogP contribution is -2.40. The highest BCUT2D eigenvalue weighted by molar-refractivity contribution is 7.55. The van der Waals surface area contributed by atoms with Gasteiger partial charge in [-0.05, 0) is 109 Å². The Labute approximate surface area is 797 Å². The first-order chi connectivity index (χ1) is 65.8. The van der Waals surface area contributed by atoms with Crippen molar-refractivity contribution in [3.8, 4) is 23.0 Å². The number of nitrogens with one attached hydrogen (secondary N) is 5. The SMILES string of the molecule is CO[C@@H]1[C@H](C)[C@@H](CCP(=O)(O)Oc2ccccc2Cl)O[C@H]1n1cc(C)c(=O)[nH]c1=O.CO[C@@H]1[C@H](C)[C@@H](CCP(=O)(Oc2ccccc2Cl)Oc2ccccc2Cl)O[C@H]1n1cc(C)c(=O)[nH]c1=O.[2H]C[C@H]1O[C@@H](n2cc(C)c(=O)[nH]c2=O)[C@H](OC)[C@@H]1OP(=O)(CC[C@H]1O[C@@H](n2cc(C)c(=O)[nH]c2=O)[C@H](OC)[C@@H]1C)Oc1ccccc1Cl.[2H][C@H]1O[C@@H](n2cc(C)c(=O)[nH]c2=O)[C@H](OC)[C@@H]1O.[3H]OC.[3H]OC. The molecular weight excluding hydrogens is 1920 g/mol. The Hall–Kier alpha value is -9.27. The van der Waals surface area contributed by atoms with Crippen LogP contribution in [0.25, 0.3) is 0 Å². The normalized spacial score (nSPS) is 26.3. The Morgan fingerprint density at radius 3 is 0.978 bits per heavy atom. The molecule has 5 fully saturated rings. The van der Waals surface area contributed by atoms with Crippen LogP contribution < -0.4 is 74.3 Å². The van der Waals surface area contributed by atoms with E-state index in [2.05, 4.69) is 35.1 Å². The van der Waals surface area contributed by atoms with E-state index in [1.165, 1.54) is 114 Å². The van der Waals surface area contributed by atoms with Gasteiger partial charge in [-0.15, -0.1) is 0 Å². The van der Waals surface area contributed by atoms with Gasteiger partial charge >= 0.3 is 51.2 Å². The zero-order valence-electron chi connectivity index (χ0n) is 79.9. The number of aliphatic hydroxyl groups is 3. The van der Waals surface area contributed by atoms with Crippen LogP contribution in [0.4, 0.5) is 0 Å². The third kappa shape index (κ3) is 26.8. The summed E-state index contributed by atoms with van der Waals surface area (Å²) in [5.74, 6) is -0.0399. The summed E-state index contributed by atoms with van der Waals surface area (Å²) in [5, 5.41) is 17.7. The smallest absolute Gasteiger partial charge is 0.423 e. The molecule has 135 heavy (non-hydrogen) atoms. The molecule has 14 rings (SSSR count). The van der Waals surface area contributed by atoms with Gasteiger partial charge in [0.05, 0.1) is 70.9 Å². The lowest BCUT2D eigenvalue weighted by molar-refractivity contribution is -0.0535. The number of benzene rings is 4. The van der Waals surface area contributed by atoms with Crippen molar-refractivity contribution >= 4 is 69.2 Å². The van der Waals surface area contributed by atoms with Crippen LogP contribution in [-0.4, -0.2) is 213 Å². The number of para-hydroxylation sites is 4. The zero-order valence-corrected chi connectivity index (χ0v) is 81.6. The van der Waals surface area contributed by atoms with E-state index in [0.717, 1.165) is 9.13 Å². The molecule has 0 bridgehead atoms. The second kappa shape index (κ2) is 48.8. The molecule has 5 aromatic heterocycles. The van der Waals surface area contributed by atoms with E-state index < -0.39 is 184 Å². The number of hydrogen-bond acceptors (Lipinski definition) is 31. The van der Waals surface area contributed by atoms with Gasteiger partial charge in [0.15, 0.2) is 31.1 Å². The largest absolute Gasteiger partial charge is 0.430 e. The van der Waals surface area contributed by atoms with Crippen molar-refractivity contribution in [1.29, 1.82) is 2.86 Å². The molecule has 42 nitrogen and oxygen atoms in total. The van der Waals surface area contributed by atoms with Crippen molar-refractivity contribution < 1.29 is 107 Å². The van der Waals surface area contributed by atoms with Crippen LogP contribution in [0.15, 0.2) is 176 Å². The van der Waals surface area contributed by atoms with Crippen molar-refractivity contribution in [2.75, 3.05) is 74.8 Å². The topological polar surface area (TPSA) is 545 Å². The molecule has 0 amide bonds. The molecule has 4 aromatic carbocycles. The summed E-state index contributed by atoms with van der Waals surface area (Å²) >= 11 is 24.9. The Balaban J connectivity index is 0.000000212. The molecule has 49 heteroatoms. The number of H-pyrrole nitrogens is 5. The second-order valence-electron chi connectivity index (χ2n) is 31.4. The minimum atomic E-state index is -4.20. The first-order valence-electron chi connectivity index (χ1n) is 43.8. The van der Waals surface area contributed by atoms with E-state index in [4.69, 9.17) is 122 Å². The van der Waals surface area contributed by atoms with Crippen LogP contribution in [0.5, 0.6) is 23.0 Å². The van der Waals surface area contributed by atoms with Crippen molar-refractivity contribution in [2.45, 2.75) is 180 Å². The fourth-order valence-corrected chi connectivity index (χ4v) is 21.0. The van der Waals surface area contributed by atoms with Crippen LogP contribution in [0.3, 0.4) is 0 Å². The van der Waals surface area contributed by atoms with Gasteiger partial charge < -0.3 is 85.7 Å². The quantitative estimate of drug-likeness (QED) is 0.0197. The van der Waals surface area contributed by atoms with Crippen LogP contribution in [-0.2, 0) is 65.6 Å². The summed E-state index contributed by atoms with van der Waals surface area (Å²) in [6, 6.07) is 26.2. The van der Waals surface area contributed by atoms with Gasteiger partial charge in [0.25, 0.3) is 27.8 Å². The maximum absolute atomic E-state index is 14.8. The van der Waals surface area contributed by atoms with E-state index in [1.807, 2.05) is 20.8 Å². The van der Waals surface area contributed by atoms with Gasteiger partial charge in [-0.2, -0.15) is 0 Å². The van der Waals surface area contributed by atoms with E-state index in [-0.39, 0.29) is 111 Å². The second-order valence-corrected chi connectivity index (χ2v) is 39.1. The van der Waals surface area contributed by atoms with Crippen LogP contribution in [0.1, 0.15) is 109 Å². The average Bonchev–Trinajstić information content (AvgIpc) is 1.62. The average molecular weight is 2040 g/mol. The highest BCUT2D eigenvalue weighted by Crippen LogP contribution is 2.57. The van der Waals surface area contributed by atoms with Crippen LogP contribution >= 0.6 is 69.2 Å². The number of aromatic nitrogens is 10. The maximum Gasteiger partial charge on any atom is 0.430 e. The lowest BCUT2D eigenvalue weighted by atomic mass is 9.98. The molecule has 22 atom stereocenters. The third-order valence-corrected chi connectivity index (χ3v) is 28.6. The summed E-state index contributed by atoms with van der Waals surface area (Å²) in [6.45, 7) is 11.9. The first kappa shape index (κ1) is 103. The number of ether oxygens (including phenoxy) is 10. The van der Waals surface area contributed by atoms with Gasteiger partial charge in [0, 0.05) is 128 Å². The first-order valence-corrected chi connectivity index (χ1v) is 48.4. The number of aromatic amines is 5. The summed E-state index contributed by atoms with van der Waals surface area (Å²) in [4.78, 5) is 142. The van der Waals surface area contributed by atoms with Crippen LogP contribution in [0.2, 0.25) is 20.1 Å². The molecule has 5 aliphatic heterocycles. The predicted octanol–water partition coefficient (Wildman–Crippen LogP) is 8.99. The lowest BCUT2D eigenvalue weighted by Gasteiger charge is -2.28. The van der Waals surface area contributed by atoms with Crippen LogP contribution in [0, 0.1) is 52.4 Å². The predicted molar refractivity (Wildman–Crippen MR) is 497 cm³/mol. The number of aryl methyl sites for hydroxylation is 5. The Bertz CT molecular complexity index is 6420. The molecular formula is C86H111Cl4N10O32P3. The molecule has 9 aromatic rings. The fraction of sp³-hybridized carbons (Fsp3) is 0.488. The van der Waals surface area contributed by atoms with Crippen molar-refractivity contribution in [2.24, 2.45) is 17.8 Å². The number of halogens is 4. The van der Waals surface area contributed by atoms with E-state index in [1.54, 1.807) is 113 Å². The molecule has 10 heterocycles. The minimum Gasteiger partial charge on any atom is -0.423 e. The minimum absolute atomic E-state index is 0.0405. The molecule has 9 N–H and O–H groups in total. The molecule has 740 valence electrons. The highest BCUT2D eigenvalue weighted by Gasteiger charge is 2.52. The molecule has 0 radical (unpaired) electrons. The number of aliphatic hydroxyl groups excluding tert-OH is 3. The molecule has 0 spiro atoms. The van der Waals surface area contributed by atoms with Gasteiger partial charge in [-0.1, -0.05) is 116 Å². The number of rotatable bonds is 29. The summed E-state index contributed by atoms with van der Waals surface area (Å²) < 4.78 is 161. The van der Waals surface area contributed by atoms with Gasteiger partial charge in [0.2, 0.25) is 2.86 Å². The monoisotopic (exact) mass is 2030 g/mol. The number of nitrogens with zero attached hydrogens (tertiary/aromatic N) is 5. The summed E-state index contributed by atoms with van der Waals surface area (Å²) in [6.07, 6.45) is -5.82. The maximum atomic E-state index is 14.8. The molecule has 2 unspecified atom stereocenters. The van der Waals surface area contributed by atoms with Crippen molar-refractivity contribution in [3.63, 3.8) is 0 Å². The Morgan fingerprint density at radius 1 is 0.415 bits per heavy atom. The van der Waals surface area contributed by atoms with Gasteiger partial charge in [0.1, 0.15) is 65.7 Å². The Kier molecular flexibility index (Phi) is 37.3. The standard InChI is InChI=1S/C30H38ClN4O11P.C25H27Cl2N2O7P.C19H24ClN2O7P.C10H14N2O5.2CH4O/c1-15-13-34(29(38)32-25(15)36)27-22(41-5)17(3)20(44-27)11-12-47(40,45-21-10-8-7-9-19(21)31)46-23-18(4)43-28(24(23)42-6)35-14-16(2)26(37)33-30(35)39;1-15-14-29(25(31)28-23(15)30)24-22(33-3)16(2)19(34-24)12-13-37(32,35-20-10-6-4-8-17(20)26)36-21-11-7-5-9-18(21)27;1-11-10-22(19(24)21-17(11)23)18-16(27-3)12(2)14(28-18)8-9-30(25,26)29-15-7-5-4-6-13(15)20;1-5-3-12(10(15)11-8(5)14)9-7(16-2)6(13)4-17-9;2*1-2/h7-10,13-14,17-18,20,22-24,27-28H,11-12H2,1-6H3,(H,32,36,38)(H,33,37,39);4-11,14,16,19,22,24H,12-13H2,1-3H3,(H,28,30,31);4-7,10,12,14,16,18H,8-9H2,1-3H3,(H,25,26)(H,21,23,24);3,6-7,9,13H,4H2,1-2H3,(H,11,14,15);2*2H,1H3/t17-,18-,20-,22-,23-,24-,27-,28-,47?;16-,19-,22-,24-;12-,14-,16-,18-;6-,7-,9-;;/m1111../s1/i4D;;;4D;2*2T/tm;;;4-,6-,7-,9-;;. The molecule has 5 saturated heterocycles. The Morgan fingerprint density at radius 2 is 0.681 bits per heavy atom. The van der Waals surface area contributed by atoms with Crippen molar-refractivity contribution in [3.05, 3.63) is 280 Å². The highest BCUT2D eigenvalue weighted by atomic mass is 35.5. The molecule has 5 aliphatic rings.